The number of thiazole rings is 1. The normalized spacial score (nSPS) is 12.7. The van der Waals surface area contributed by atoms with Crippen LogP contribution in [0.1, 0.15) is 16.6 Å². The first-order valence-electron chi connectivity index (χ1n) is 6.64. The number of rotatable bonds is 4. The highest BCUT2D eigenvalue weighted by molar-refractivity contribution is 14.1. The van der Waals surface area contributed by atoms with Crippen molar-refractivity contribution < 1.29 is 0 Å². The second-order valence-electron chi connectivity index (χ2n) is 4.79. The SMILES string of the molecule is CNC(Cc1nc2ccccc2s1)c1ccc(I)c(Cl)c1. The van der Waals surface area contributed by atoms with Crippen molar-refractivity contribution >= 4 is 55.7 Å². The number of halogens is 2. The van der Waals surface area contributed by atoms with E-state index in [1.807, 2.05) is 19.2 Å². The molecule has 0 radical (unpaired) electrons. The molecule has 1 unspecified atom stereocenters. The predicted molar refractivity (Wildman–Crippen MR) is 99.3 cm³/mol. The molecule has 0 saturated carbocycles. The minimum atomic E-state index is 0.222. The second-order valence-corrected chi connectivity index (χ2v) is 7.48. The smallest absolute Gasteiger partial charge is 0.0957 e. The molecule has 1 aromatic heterocycles. The molecule has 108 valence electrons. The number of nitrogens with zero attached hydrogens (tertiary/aromatic N) is 1. The van der Waals surface area contributed by atoms with Crippen LogP contribution in [0.25, 0.3) is 10.2 Å². The summed E-state index contributed by atoms with van der Waals surface area (Å²) in [5.41, 5.74) is 2.27. The van der Waals surface area contributed by atoms with Crippen molar-refractivity contribution in [3.63, 3.8) is 0 Å². The van der Waals surface area contributed by atoms with E-state index in [1.54, 1.807) is 11.3 Å². The average Bonchev–Trinajstić information content (AvgIpc) is 2.90. The first kappa shape index (κ1) is 15.2. The molecule has 21 heavy (non-hydrogen) atoms. The van der Waals surface area contributed by atoms with E-state index in [-0.39, 0.29) is 6.04 Å². The van der Waals surface area contributed by atoms with Crippen LogP contribution >= 0.6 is 45.5 Å². The molecule has 1 heterocycles. The quantitative estimate of drug-likeness (QED) is 0.588. The van der Waals surface area contributed by atoms with Gasteiger partial charge in [-0.15, -0.1) is 11.3 Å². The van der Waals surface area contributed by atoms with Crippen molar-refractivity contribution in [1.29, 1.82) is 0 Å². The number of para-hydroxylation sites is 1. The van der Waals surface area contributed by atoms with Crippen LogP contribution in [0.15, 0.2) is 42.5 Å². The lowest BCUT2D eigenvalue weighted by molar-refractivity contribution is 0.591. The first-order valence-corrected chi connectivity index (χ1v) is 8.91. The number of fused-ring (bicyclic) bond motifs is 1. The van der Waals surface area contributed by atoms with Crippen LogP contribution < -0.4 is 5.32 Å². The molecule has 1 atom stereocenters. The third-order valence-electron chi connectivity index (χ3n) is 3.41. The van der Waals surface area contributed by atoms with Crippen LogP contribution in [-0.2, 0) is 6.42 Å². The number of hydrogen-bond donors (Lipinski definition) is 1. The summed E-state index contributed by atoms with van der Waals surface area (Å²) in [5, 5.41) is 5.31. The molecular formula is C16H14ClIN2S. The summed E-state index contributed by atoms with van der Waals surface area (Å²) in [6.45, 7) is 0. The lowest BCUT2D eigenvalue weighted by atomic mass is 10.0. The Balaban J connectivity index is 1.88. The maximum atomic E-state index is 6.23. The molecule has 0 aliphatic rings. The zero-order chi connectivity index (χ0) is 14.8. The molecule has 3 aromatic rings. The lowest BCUT2D eigenvalue weighted by Crippen LogP contribution is -2.18. The number of nitrogens with one attached hydrogen (secondary N) is 1. The zero-order valence-corrected chi connectivity index (χ0v) is 15.2. The molecular weight excluding hydrogens is 415 g/mol. The van der Waals surface area contributed by atoms with E-state index in [0.717, 1.165) is 25.5 Å². The molecule has 0 spiro atoms. The molecule has 0 bridgehead atoms. The van der Waals surface area contributed by atoms with E-state index in [4.69, 9.17) is 16.6 Å². The van der Waals surface area contributed by atoms with E-state index in [0.29, 0.717) is 0 Å². The summed E-state index contributed by atoms with van der Waals surface area (Å²) >= 11 is 10.2. The van der Waals surface area contributed by atoms with Crippen molar-refractivity contribution in [1.82, 2.24) is 10.3 Å². The van der Waals surface area contributed by atoms with Gasteiger partial charge in [-0.05, 0) is 59.5 Å². The zero-order valence-electron chi connectivity index (χ0n) is 11.4. The van der Waals surface area contributed by atoms with Gasteiger partial charge in [-0.1, -0.05) is 29.8 Å². The van der Waals surface area contributed by atoms with Crippen LogP contribution in [-0.4, -0.2) is 12.0 Å². The second kappa shape index (κ2) is 6.60. The number of hydrogen-bond acceptors (Lipinski definition) is 3. The fourth-order valence-electron chi connectivity index (χ4n) is 2.30. The molecule has 3 rings (SSSR count). The summed E-state index contributed by atoms with van der Waals surface area (Å²) in [4.78, 5) is 4.71. The van der Waals surface area contributed by atoms with E-state index in [9.17, 15) is 0 Å². The molecule has 5 heteroatoms. The fraction of sp³-hybridized carbons (Fsp3) is 0.188. The Bertz CT molecular complexity index is 739. The molecule has 2 aromatic carbocycles. The van der Waals surface area contributed by atoms with Gasteiger partial charge in [-0.2, -0.15) is 0 Å². The van der Waals surface area contributed by atoms with Gasteiger partial charge in [0.05, 0.1) is 20.2 Å². The van der Waals surface area contributed by atoms with Gasteiger partial charge in [0.1, 0.15) is 0 Å². The fourth-order valence-corrected chi connectivity index (χ4v) is 3.83. The van der Waals surface area contributed by atoms with Gasteiger partial charge in [0.2, 0.25) is 0 Å². The Morgan fingerprint density at radius 1 is 1.29 bits per heavy atom. The van der Waals surface area contributed by atoms with Gasteiger partial charge in [0.15, 0.2) is 0 Å². The lowest BCUT2D eigenvalue weighted by Gasteiger charge is -2.16. The first-order chi connectivity index (χ1) is 10.2. The molecule has 0 fully saturated rings. The molecule has 0 aliphatic carbocycles. The summed E-state index contributed by atoms with van der Waals surface area (Å²) in [7, 11) is 1.98. The van der Waals surface area contributed by atoms with Crippen LogP contribution in [0.5, 0.6) is 0 Å². The van der Waals surface area contributed by atoms with Crippen molar-refractivity contribution in [3.05, 3.63) is 61.6 Å². The van der Waals surface area contributed by atoms with Crippen LogP contribution in [0.4, 0.5) is 0 Å². The van der Waals surface area contributed by atoms with E-state index in [1.165, 1.54) is 10.3 Å². The molecule has 0 saturated heterocycles. The average molecular weight is 429 g/mol. The summed E-state index contributed by atoms with van der Waals surface area (Å²) in [5.74, 6) is 0. The molecule has 0 aliphatic heterocycles. The van der Waals surface area contributed by atoms with Crippen LogP contribution in [0, 0.1) is 3.57 Å². The van der Waals surface area contributed by atoms with E-state index < -0.39 is 0 Å². The van der Waals surface area contributed by atoms with Gasteiger partial charge in [-0.3, -0.25) is 0 Å². The summed E-state index contributed by atoms with van der Waals surface area (Å²) < 4.78 is 2.32. The van der Waals surface area contributed by atoms with E-state index in [2.05, 4.69) is 58.2 Å². The predicted octanol–water partition coefficient (Wildman–Crippen LogP) is 5.06. The Labute approximate surface area is 146 Å². The Morgan fingerprint density at radius 2 is 2.10 bits per heavy atom. The van der Waals surface area contributed by atoms with Gasteiger partial charge >= 0.3 is 0 Å². The third kappa shape index (κ3) is 3.39. The van der Waals surface area contributed by atoms with Gasteiger partial charge in [0.25, 0.3) is 0 Å². The largest absolute Gasteiger partial charge is 0.313 e. The van der Waals surface area contributed by atoms with Crippen molar-refractivity contribution in [2.24, 2.45) is 0 Å². The van der Waals surface area contributed by atoms with Gasteiger partial charge in [0, 0.05) is 16.0 Å². The molecule has 2 nitrogen and oxygen atoms in total. The van der Waals surface area contributed by atoms with Crippen LogP contribution in [0.3, 0.4) is 0 Å². The van der Waals surface area contributed by atoms with Gasteiger partial charge < -0.3 is 5.32 Å². The third-order valence-corrected chi connectivity index (χ3v) is 6.04. The van der Waals surface area contributed by atoms with Gasteiger partial charge in [-0.25, -0.2) is 4.98 Å². The molecule has 1 N–H and O–H groups in total. The Morgan fingerprint density at radius 3 is 2.81 bits per heavy atom. The van der Waals surface area contributed by atoms with Crippen molar-refractivity contribution in [2.75, 3.05) is 7.05 Å². The Kier molecular flexibility index (Phi) is 4.78. The highest BCUT2D eigenvalue weighted by Gasteiger charge is 2.14. The Hall–Kier alpha value is -0.690. The van der Waals surface area contributed by atoms with Crippen LogP contribution in [0.2, 0.25) is 5.02 Å². The highest BCUT2D eigenvalue weighted by Crippen LogP contribution is 2.28. The molecule has 0 amide bonds. The summed E-state index contributed by atoms with van der Waals surface area (Å²) in [6.07, 6.45) is 0.868. The number of likely N-dealkylation sites (N-methyl/N-ethyl adjacent to an activating group) is 1. The standard InChI is InChI=1S/C16H14ClIN2S/c1-19-14(10-6-7-12(18)11(17)8-10)9-16-20-13-4-2-3-5-15(13)21-16/h2-8,14,19H,9H2,1H3. The van der Waals surface area contributed by atoms with E-state index >= 15 is 0 Å². The topological polar surface area (TPSA) is 24.9 Å². The van der Waals surface area contributed by atoms with Crippen molar-refractivity contribution in [2.45, 2.75) is 12.5 Å². The number of aromatic nitrogens is 1. The highest BCUT2D eigenvalue weighted by atomic mass is 127. The minimum absolute atomic E-state index is 0.222. The maximum absolute atomic E-state index is 6.23. The maximum Gasteiger partial charge on any atom is 0.0957 e. The van der Waals surface area contributed by atoms with Crippen molar-refractivity contribution in [3.8, 4) is 0 Å². The number of benzene rings is 2. The monoisotopic (exact) mass is 428 g/mol. The minimum Gasteiger partial charge on any atom is -0.313 e. The summed E-state index contributed by atoms with van der Waals surface area (Å²) in [6, 6.07) is 14.7.